The summed E-state index contributed by atoms with van der Waals surface area (Å²) in [5.74, 6) is 0. The van der Waals surface area contributed by atoms with Gasteiger partial charge in [-0.2, -0.15) is 0 Å². The Morgan fingerprint density at radius 3 is 1.68 bits per heavy atom. The summed E-state index contributed by atoms with van der Waals surface area (Å²) in [7, 11) is 0. The van der Waals surface area contributed by atoms with E-state index in [-0.39, 0.29) is 5.16 Å². The molecule has 2 atom stereocenters. The zero-order valence-electron chi connectivity index (χ0n) is 13.8. The molecule has 0 bridgehead atoms. The number of rotatable bonds is 2. The minimum atomic E-state index is -2.65. The summed E-state index contributed by atoms with van der Waals surface area (Å²) in [6.07, 6.45) is -2.65. The number of hydrogen-bond acceptors (Lipinski definition) is 2. The van der Waals surface area contributed by atoms with Crippen molar-refractivity contribution >= 4 is 23.4 Å². The van der Waals surface area contributed by atoms with Crippen molar-refractivity contribution in [1.29, 1.82) is 0 Å². The Labute approximate surface area is 139 Å². The Hall–Kier alpha value is -0.990. The molecule has 2 unspecified atom stereocenters. The van der Waals surface area contributed by atoms with Gasteiger partial charge in [0.05, 0.1) is 0 Å². The molecule has 2 rings (SSSR count). The fraction of sp³-hybridized carbons (Fsp3) is 0.333. The Bertz CT molecular complexity index is 606. The lowest BCUT2D eigenvalue weighted by atomic mass is 10.1. The Kier molecular flexibility index (Phi) is 6.96. The van der Waals surface area contributed by atoms with E-state index in [1.807, 2.05) is 69.3 Å². The van der Waals surface area contributed by atoms with Gasteiger partial charge in [-0.1, -0.05) is 87.7 Å². The summed E-state index contributed by atoms with van der Waals surface area (Å²) < 4.78 is 0. The molecule has 0 saturated carbocycles. The molecular formula is C18H26NOPS. The second-order valence-electron chi connectivity index (χ2n) is 6.37. The standard InChI is InChI=1S/C10H15OPS.C8H11N/c1-10(2,3)12(11,13)9-7-5-4-6-8-9;1-7(9)8-5-3-2-4-6-8/h4-8H,1-3H3,(H,11,13);2-7H,9H2,1H3. The SMILES string of the molecule is CC(C)(C)P([O-])(=S)c1ccccc1.CC([NH3+])c1ccccc1. The van der Waals surface area contributed by atoms with Gasteiger partial charge in [-0.15, -0.1) is 11.8 Å². The van der Waals surface area contributed by atoms with Crippen molar-refractivity contribution in [2.24, 2.45) is 0 Å². The topological polar surface area (TPSA) is 50.7 Å². The van der Waals surface area contributed by atoms with E-state index in [0.29, 0.717) is 6.04 Å². The van der Waals surface area contributed by atoms with Crippen LogP contribution in [-0.4, -0.2) is 5.16 Å². The third-order valence-corrected chi connectivity index (χ3v) is 8.37. The van der Waals surface area contributed by atoms with Crippen molar-refractivity contribution in [3.05, 3.63) is 66.2 Å². The summed E-state index contributed by atoms with van der Waals surface area (Å²) in [5, 5.41) is 0.460. The van der Waals surface area contributed by atoms with Gasteiger partial charge in [-0.05, 0) is 17.4 Å². The first-order valence-corrected chi connectivity index (χ1v) is 10.1. The molecule has 0 aliphatic heterocycles. The van der Waals surface area contributed by atoms with Crippen molar-refractivity contribution < 1.29 is 10.6 Å². The van der Waals surface area contributed by atoms with Gasteiger partial charge in [0.15, 0.2) is 0 Å². The molecule has 0 spiro atoms. The molecule has 2 aromatic rings. The fourth-order valence-corrected chi connectivity index (χ4v) is 3.50. The van der Waals surface area contributed by atoms with Crippen LogP contribution in [0.4, 0.5) is 0 Å². The monoisotopic (exact) mass is 335 g/mol. The number of quaternary nitrogens is 1. The van der Waals surface area contributed by atoms with Crippen molar-refractivity contribution in [3.63, 3.8) is 0 Å². The summed E-state index contributed by atoms with van der Waals surface area (Å²) in [4.78, 5) is 12.3. The van der Waals surface area contributed by atoms with Gasteiger partial charge in [0.1, 0.15) is 6.04 Å². The van der Waals surface area contributed by atoms with E-state index in [4.69, 9.17) is 11.8 Å². The largest absolute Gasteiger partial charge is 0.817 e. The number of hydrogen-bond donors (Lipinski definition) is 1. The average molecular weight is 335 g/mol. The zero-order chi connectivity index (χ0) is 16.8. The molecule has 0 aliphatic carbocycles. The molecule has 0 aromatic heterocycles. The fourth-order valence-electron chi connectivity index (χ4n) is 1.79. The van der Waals surface area contributed by atoms with Gasteiger partial charge in [0, 0.05) is 5.56 Å². The Morgan fingerprint density at radius 2 is 1.36 bits per heavy atom. The van der Waals surface area contributed by atoms with Crippen LogP contribution in [0.2, 0.25) is 0 Å². The minimum Gasteiger partial charge on any atom is -0.817 e. The first kappa shape index (κ1) is 19.1. The maximum absolute atomic E-state index is 12.3. The minimum absolute atomic E-state index is 0.330. The van der Waals surface area contributed by atoms with Gasteiger partial charge >= 0.3 is 0 Å². The molecule has 0 saturated heterocycles. The second-order valence-corrected chi connectivity index (χ2v) is 10.9. The summed E-state index contributed by atoms with van der Waals surface area (Å²) in [6.45, 7) is 7.87. The Balaban J connectivity index is 0.000000235. The van der Waals surface area contributed by atoms with E-state index in [1.165, 1.54) is 5.56 Å². The second kappa shape index (κ2) is 8.03. The highest BCUT2D eigenvalue weighted by Gasteiger charge is 2.22. The third kappa shape index (κ3) is 5.33. The summed E-state index contributed by atoms with van der Waals surface area (Å²) >= 11 is 5.20. The quantitative estimate of drug-likeness (QED) is 0.858. The lowest BCUT2D eigenvalue weighted by molar-refractivity contribution is -0.420. The van der Waals surface area contributed by atoms with Crippen molar-refractivity contribution in [2.75, 3.05) is 0 Å². The molecule has 0 radical (unpaired) electrons. The van der Waals surface area contributed by atoms with Crippen LogP contribution in [0.15, 0.2) is 60.7 Å². The highest BCUT2D eigenvalue weighted by atomic mass is 32.4. The molecule has 0 fully saturated rings. The first-order chi connectivity index (χ1) is 10.2. The van der Waals surface area contributed by atoms with E-state index >= 15 is 0 Å². The highest BCUT2D eigenvalue weighted by molar-refractivity contribution is 8.15. The lowest BCUT2D eigenvalue weighted by Crippen LogP contribution is -2.51. The van der Waals surface area contributed by atoms with Crippen LogP contribution < -0.4 is 15.9 Å². The van der Waals surface area contributed by atoms with Crippen molar-refractivity contribution in [3.8, 4) is 0 Å². The molecule has 0 heterocycles. The Morgan fingerprint density at radius 1 is 0.955 bits per heavy atom. The number of benzene rings is 2. The smallest absolute Gasteiger partial charge is 0.107 e. The molecule has 4 heteroatoms. The lowest BCUT2D eigenvalue weighted by Gasteiger charge is -2.41. The first-order valence-electron chi connectivity index (χ1n) is 7.41. The average Bonchev–Trinajstić information content (AvgIpc) is 2.48. The van der Waals surface area contributed by atoms with Crippen LogP contribution in [0.5, 0.6) is 0 Å². The van der Waals surface area contributed by atoms with Gasteiger partial charge < -0.3 is 10.6 Å². The summed E-state index contributed by atoms with van der Waals surface area (Å²) in [5.41, 5.74) is 5.21. The maximum atomic E-state index is 12.3. The predicted molar refractivity (Wildman–Crippen MR) is 97.9 cm³/mol. The normalized spacial score (nSPS) is 15.2. The molecule has 2 nitrogen and oxygen atoms in total. The molecule has 3 N–H and O–H groups in total. The summed E-state index contributed by atoms with van der Waals surface area (Å²) in [6, 6.07) is 20.0. The van der Waals surface area contributed by atoms with Gasteiger partial charge in [0.25, 0.3) is 0 Å². The third-order valence-electron chi connectivity index (χ3n) is 3.35. The van der Waals surface area contributed by atoms with Crippen molar-refractivity contribution in [1.82, 2.24) is 0 Å². The zero-order valence-corrected chi connectivity index (χ0v) is 15.5. The molecule has 0 aliphatic rings. The highest BCUT2D eigenvalue weighted by Crippen LogP contribution is 2.48. The molecule has 120 valence electrons. The molecular weight excluding hydrogens is 309 g/mol. The van der Waals surface area contributed by atoms with Crippen LogP contribution in [0.25, 0.3) is 0 Å². The van der Waals surface area contributed by atoms with Gasteiger partial charge in [-0.3, -0.25) is 0 Å². The maximum Gasteiger partial charge on any atom is 0.107 e. The predicted octanol–water partition coefficient (Wildman–Crippen LogP) is 2.85. The van der Waals surface area contributed by atoms with E-state index in [1.54, 1.807) is 0 Å². The van der Waals surface area contributed by atoms with Crippen LogP contribution in [-0.2, 0) is 11.8 Å². The van der Waals surface area contributed by atoms with Crippen LogP contribution >= 0.6 is 6.26 Å². The van der Waals surface area contributed by atoms with Crippen LogP contribution in [0.1, 0.15) is 39.3 Å². The van der Waals surface area contributed by atoms with E-state index in [9.17, 15) is 4.89 Å². The molecule has 22 heavy (non-hydrogen) atoms. The van der Waals surface area contributed by atoms with Crippen LogP contribution in [0, 0.1) is 0 Å². The van der Waals surface area contributed by atoms with E-state index in [0.717, 1.165) is 5.30 Å². The van der Waals surface area contributed by atoms with Crippen molar-refractivity contribution in [2.45, 2.75) is 38.9 Å². The van der Waals surface area contributed by atoms with Gasteiger partial charge in [0.2, 0.25) is 0 Å². The van der Waals surface area contributed by atoms with Crippen LogP contribution in [0.3, 0.4) is 0 Å². The van der Waals surface area contributed by atoms with Gasteiger partial charge in [-0.25, -0.2) is 0 Å². The van der Waals surface area contributed by atoms with E-state index in [2.05, 4.69) is 24.8 Å². The van der Waals surface area contributed by atoms with E-state index < -0.39 is 6.26 Å². The molecule has 0 amide bonds. The molecule has 2 aromatic carbocycles.